The molecule has 0 saturated carbocycles. The zero-order valence-corrected chi connectivity index (χ0v) is 13.8. The molecule has 0 saturated heterocycles. The molecule has 2 heterocycles. The normalized spacial score (nSPS) is 11.0. The fourth-order valence-electron chi connectivity index (χ4n) is 2.30. The lowest BCUT2D eigenvalue weighted by atomic mass is 10.2. The van der Waals surface area contributed by atoms with Gasteiger partial charge in [-0.3, -0.25) is 4.90 Å². The first-order valence-electron chi connectivity index (χ1n) is 7.14. The lowest BCUT2D eigenvalue weighted by Crippen LogP contribution is -2.25. The molecule has 1 N–H and O–H groups in total. The van der Waals surface area contributed by atoms with Crippen LogP contribution in [0.5, 0.6) is 0 Å². The zero-order valence-electron chi connectivity index (χ0n) is 13.0. The van der Waals surface area contributed by atoms with Crippen molar-refractivity contribution in [2.75, 3.05) is 25.5 Å². The first kappa shape index (κ1) is 15.7. The summed E-state index contributed by atoms with van der Waals surface area (Å²) in [5, 5.41) is 13.0. The summed E-state index contributed by atoms with van der Waals surface area (Å²) in [6.07, 6.45) is 0.534. The van der Waals surface area contributed by atoms with E-state index in [-0.39, 0.29) is 0 Å². The van der Waals surface area contributed by atoms with Gasteiger partial charge >= 0.3 is 0 Å². The summed E-state index contributed by atoms with van der Waals surface area (Å²) in [4.78, 5) is 13.9. The predicted octanol–water partition coefficient (Wildman–Crippen LogP) is 3.09. The van der Waals surface area contributed by atoms with Crippen LogP contribution >= 0.6 is 11.3 Å². The van der Waals surface area contributed by atoms with Gasteiger partial charge in [0.1, 0.15) is 16.5 Å². The lowest BCUT2D eigenvalue weighted by Gasteiger charge is -2.18. The number of nitrogens with one attached hydrogen (secondary N) is 1. The Morgan fingerprint density at radius 2 is 2.10 bits per heavy atom. The Morgan fingerprint density at radius 1 is 1.33 bits per heavy atom. The zero-order chi connectivity index (χ0) is 15.4. The number of hydrogen-bond acceptors (Lipinski definition) is 6. The number of anilines is 1. The lowest BCUT2D eigenvalue weighted by molar-refractivity contribution is 0.280. The van der Waals surface area contributed by atoms with E-state index in [0.717, 1.165) is 34.9 Å². The molecule has 0 spiro atoms. The van der Waals surface area contributed by atoms with Crippen molar-refractivity contribution < 1.29 is 0 Å². The van der Waals surface area contributed by atoms with Gasteiger partial charge in [-0.15, -0.1) is 11.3 Å². The Bertz CT molecular complexity index is 671. The smallest absolute Gasteiger partial charge is 0.146 e. The second-order valence-electron chi connectivity index (χ2n) is 4.98. The van der Waals surface area contributed by atoms with Crippen LogP contribution in [-0.2, 0) is 6.54 Å². The van der Waals surface area contributed by atoms with E-state index in [1.807, 2.05) is 7.05 Å². The summed E-state index contributed by atoms with van der Waals surface area (Å²) in [5.41, 5.74) is 1.25. The van der Waals surface area contributed by atoms with Crippen molar-refractivity contribution in [3.8, 4) is 6.07 Å². The van der Waals surface area contributed by atoms with Gasteiger partial charge in [0.05, 0.1) is 18.0 Å². The molecule has 0 aromatic carbocycles. The van der Waals surface area contributed by atoms with Crippen LogP contribution in [0.3, 0.4) is 0 Å². The van der Waals surface area contributed by atoms with E-state index in [2.05, 4.69) is 42.0 Å². The van der Waals surface area contributed by atoms with E-state index in [1.54, 1.807) is 11.3 Å². The molecule has 2 aromatic rings. The average molecular weight is 303 g/mol. The Balaban J connectivity index is 2.35. The molecule has 112 valence electrons. The molecule has 2 aromatic heterocycles. The van der Waals surface area contributed by atoms with Gasteiger partial charge in [-0.2, -0.15) is 5.26 Å². The maximum atomic E-state index is 8.72. The topological polar surface area (TPSA) is 64.8 Å². The predicted molar refractivity (Wildman–Crippen MR) is 87.6 cm³/mol. The van der Waals surface area contributed by atoms with Crippen molar-refractivity contribution in [2.24, 2.45) is 0 Å². The third-order valence-corrected chi connectivity index (χ3v) is 4.77. The molecule has 0 unspecified atom stereocenters. The van der Waals surface area contributed by atoms with Gasteiger partial charge in [0.15, 0.2) is 0 Å². The molecule has 5 nitrogen and oxygen atoms in total. The van der Waals surface area contributed by atoms with E-state index >= 15 is 0 Å². The minimum atomic E-state index is 0.534. The van der Waals surface area contributed by atoms with E-state index in [9.17, 15) is 0 Å². The van der Waals surface area contributed by atoms with E-state index in [0.29, 0.717) is 13.0 Å². The van der Waals surface area contributed by atoms with Gasteiger partial charge in [0, 0.05) is 24.9 Å². The second kappa shape index (κ2) is 6.83. The third-order valence-electron chi connectivity index (χ3n) is 3.66. The van der Waals surface area contributed by atoms with Gasteiger partial charge in [0.2, 0.25) is 0 Å². The van der Waals surface area contributed by atoms with Crippen LogP contribution in [0.25, 0.3) is 10.2 Å². The number of aryl methyl sites for hydroxylation is 2. The molecule has 0 amide bonds. The van der Waals surface area contributed by atoms with Gasteiger partial charge < -0.3 is 5.32 Å². The van der Waals surface area contributed by atoms with Gasteiger partial charge in [-0.25, -0.2) is 9.97 Å². The van der Waals surface area contributed by atoms with Crippen LogP contribution in [0.15, 0.2) is 0 Å². The summed E-state index contributed by atoms with van der Waals surface area (Å²) >= 11 is 1.71. The number of nitriles is 1. The molecule has 0 aliphatic heterocycles. The molecule has 0 aliphatic rings. The Kier molecular flexibility index (Phi) is 5.10. The Labute approximate surface area is 129 Å². The molecule has 0 aliphatic carbocycles. The summed E-state index contributed by atoms with van der Waals surface area (Å²) < 4.78 is 0. The van der Waals surface area contributed by atoms with Crippen LogP contribution in [0.1, 0.15) is 29.6 Å². The first-order chi connectivity index (χ1) is 10.1. The fraction of sp³-hybridized carbons (Fsp3) is 0.533. The summed E-state index contributed by atoms with van der Waals surface area (Å²) in [6, 6.07) is 2.19. The number of fused-ring (bicyclic) bond motifs is 1. The van der Waals surface area contributed by atoms with Crippen LogP contribution in [-0.4, -0.2) is 35.0 Å². The van der Waals surface area contributed by atoms with Gasteiger partial charge in [-0.05, 0) is 26.0 Å². The van der Waals surface area contributed by atoms with Crippen LogP contribution in [0, 0.1) is 25.2 Å². The van der Waals surface area contributed by atoms with E-state index in [4.69, 9.17) is 10.2 Å². The van der Waals surface area contributed by atoms with Crippen molar-refractivity contribution in [2.45, 2.75) is 33.7 Å². The number of aromatic nitrogens is 2. The highest BCUT2D eigenvalue weighted by molar-refractivity contribution is 7.18. The maximum absolute atomic E-state index is 8.72. The standard InChI is InChI=1S/C15H21N5S/c1-5-20(8-6-7-16)9-12-18-14(17-4)13-10(2)11(3)21-15(13)19-12/h5-6,8-9H2,1-4H3,(H,17,18,19). The minimum absolute atomic E-state index is 0.534. The fourth-order valence-corrected chi connectivity index (χ4v) is 3.35. The average Bonchev–Trinajstić information content (AvgIpc) is 2.77. The quantitative estimate of drug-likeness (QED) is 0.888. The molecule has 0 bridgehead atoms. The molecule has 21 heavy (non-hydrogen) atoms. The highest BCUT2D eigenvalue weighted by Gasteiger charge is 2.15. The third kappa shape index (κ3) is 3.31. The summed E-state index contributed by atoms with van der Waals surface area (Å²) in [7, 11) is 1.89. The van der Waals surface area contributed by atoms with Gasteiger partial charge in [-0.1, -0.05) is 6.92 Å². The van der Waals surface area contributed by atoms with Gasteiger partial charge in [0.25, 0.3) is 0 Å². The van der Waals surface area contributed by atoms with Crippen LogP contribution < -0.4 is 5.32 Å². The number of rotatable bonds is 6. The highest BCUT2D eigenvalue weighted by atomic mass is 32.1. The molecular weight excluding hydrogens is 282 g/mol. The first-order valence-corrected chi connectivity index (χ1v) is 7.96. The molecule has 6 heteroatoms. The molecule has 0 radical (unpaired) electrons. The highest BCUT2D eigenvalue weighted by Crippen LogP contribution is 2.33. The summed E-state index contributed by atoms with van der Waals surface area (Å²) in [5.74, 6) is 1.71. The van der Waals surface area contributed by atoms with Crippen molar-refractivity contribution in [3.63, 3.8) is 0 Å². The number of hydrogen-bond donors (Lipinski definition) is 1. The Morgan fingerprint density at radius 3 is 2.71 bits per heavy atom. The van der Waals surface area contributed by atoms with Crippen molar-refractivity contribution in [3.05, 3.63) is 16.3 Å². The molecule has 0 fully saturated rings. The van der Waals surface area contributed by atoms with E-state index in [1.165, 1.54) is 10.4 Å². The SMILES string of the molecule is CCN(CCC#N)Cc1nc(NC)c2c(C)c(C)sc2n1. The monoisotopic (exact) mass is 303 g/mol. The maximum Gasteiger partial charge on any atom is 0.146 e. The molecular formula is C15H21N5S. The Hall–Kier alpha value is -1.71. The summed E-state index contributed by atoms with van der Waals surface area (Å²) in [6.45, 7) is 8.65. The largest absolute Gasteiger partial charge is 0.372 e. The second-order valence-corrected chi connectivity index (χ2v) is 6.18. The molecule has 0 atom stereocenters. The number of thiophene rings is 1. The van der Waals surface area contributed by atoms with Crippen LogP contribution in [0.4, 0.5) is 5.82 Å². The van der Waals surface area contributed by atoms with E-state index < -0.39 is 0 Å². The van der Waals surface area contributed by atoms with Crippen LogP contribution in [0.2, 0.25) is 0 Å². The molecule has 2 rings (SSSR count). The van der Waals surface area contributed by atoms with Crippen molar-refractivity contribution >= 4 is 27.4 Å². The number of nitrogens with zero attached hydrogens (tertiary/aromatic N) is 4. The van der Waals surface area contributed by atoms with Crippen molar-refractivity contribution in [1.82, 2.24) is 14.9 Å². The van der Waals surface area contributed by atoms with Crippen molar-refractivity contribution in [1.29, 1.82) is 5.26 Å². The minimum Gasteiger partial charge on any atom is -0.372 e.